The van der Waals surface area contributed by atoms with Crippen molar-refractivity contribution in [2.24, 2.45) is 0 Å². The Labute approximate surface area is 147 Å². The van der Waals surface area contributed by atoms with E-state index in [1.165, 1.54) is 18.9 Å². The summed E-state index contributed by atoms with van der Waals surface area (Å²) in [7, 11) is -1.49. The van der Waals surface area contributed by atoms with Crippen LogP contribution in [0.25, 0.3) is 0 Å². The zero-order chi connectivity index (χ0) is 16.8. The van der Waals surface area contributed by atoms with Crippen molar-refractivity contribution in [3.63, 3.8) is 0 Å². The summed E-state index contributed by atoms with van der Waals surface area (Å²) in [6.45, 7) is 12.1. The van der Waals surface area contributed by atoms with Crippen molar-refractivity contribution in [2.75, 3.05) is 0 Å². The molecule has 0 saturated carbocycles. The van der Waals surface area contributed by atoms with Crippen molar-refractivity contribution in [2.45, 2.75) is 52.0 Å². The third-order valence-electron chi connectivity index (χ3n) is 4.36. The number of unbranched alkanes of at least 4 members (excludes halogenated alkanes) is 1. The summed E-state index contributed by atoms with van der Waals surface area (Å²) in [5.41, 5.74) is 0. The molecule has 0 unspecified atom stereocenters. The fourth-order valence-corrected chi connectivity index (χ4v) is 10.6. The molecule has 23 heavy (non-hydrogen) atoms. The van der Waals surface area contributed by atoms with Crippen LogP contribution in [0.2, 0.25) is 32.2 Å². The minimum Gasteiger partial charge on any atom is -0.0671 e. The molecule has 2 aromatic rings. The van der Waals surface area contributed by atoms with Gasteiger partial charge in [-0.2, -0.15) is 0 Å². The average molecular weight is 354 g/mol. The first-order chi connectivity index (χ1) is 11.1. The van der Waals surface area contributed by atoms with Gasteiger partial charge in [0.25, 0.3) is 0 Å². The molecule has 0 atom stereocenters. The van der Waals surface area contributed by atoms with Gasteiger partial charge in [-0.1, -0.05) is 121 Å². The second kappa shape index (κ2) is 8.81. The predicted octanol–water partition coefficient (Wildman–Crippen LogP) is 3.02. The molecule has 0 aliphatic rings. The van der Waals surface area contributed by atoms with Gasteiger partial charge in [-0.25, -0.2) is 0 Å². The summed E-state index contributed by atoms with van der Waals surface area (Å²) in [6.07, 6.45) is 2.65. The molecule has 0 spiro atoms. The Balaban J connectivity index is 2.55. The van der Waals surface area contributed by atoms with Crippen LogP contribution >= 0.6 is 0 Å². The lowest BCUT2D eigenvalue weighted by molar-refractivity contribution is 0.878. The van der Waals surface area contributed by atoms with Crippen LogP contribution in [-0.4, -0.2) is 26.4 Å². The third-order valence-corrected chi connectivity index (χ3v) is 10.9. The molecule has 0 saturated heterocycles. The Morgan fingerprint density at radius 2 is 1.04 bits per heavy atom. The second-order valence-electron chi connectivity index (χ2n) is 6.67. The first-order valence-corrected chi connectivity index (χ1v) is 15.4. The normalized spacial score (nSPS) is 11.7. The van der Waals surface area contributed by atoms with Gasteiger partial charge in [0.15, 0.2) is 0 Å². The van der Waals surface area contributed by atoms with Crippen molar-refractivity contribution in [1.29, 1.82) is 0 Å². The van der Waals surface area contributed by atoms with Gasteiger partial charge in [0, 0.05) is 0 Å². The summed E-state index contributed by atoms with van der Waals surface area (Å²) in [4.78, 5) is 0. The van der Waals surface area contributed by atoms with Crippen LogP contribution in [0.4, 0.5) is 0 Å². The fourth-order valence-electron chi connectivity index (χ4n) is 3.13. The van der Waals surface area contributed by atoms with E-state index in [1.54, 1.807) is 20.7 Å². The topological polar surface area (TPSA) is 0 Å². The van der Waals surface area contributed by atoms with Gasteiger partial charge >= 0.3 is 0 Å². The van der Waals surface area contributed by atoms with E-state index in [2.05, 4.69) is 81.6 Å². The van der Waals surface area contributed by atoms with Gasteiger partial charge in [-0.3, -0.25) is 0 Å². The third kappa shape index (κ3) is 4.55. The maximum atomic E-state index is 2.44. The minimum atomic E-state index is -0.660. The van der Waals surface area contributed by atoms with Gasteiger partial charge in [0.1, 0.15) is 8.80 Å². The average Bonchev–Trinajstić information content (AvgIpc) is 2.55. The molecule has 0 heterocycles. The van der Waals surface area contributed by atoms with Crippen LogP contribution in [0.5, 0.6) is 0 Å². The van der Waals surface area contributed by atoms with Crippen molar-refractivity contribution >= 4 is 47.1 Å². The summed E-state index contributed by atoms with van der Waals surface area (Å²) in [5.74, 6) is 0. The highest BCUT2D eigenvalue weighted by Crippen LogP contribution is 2.04. The molecule has 0 aliphatic carbocycles. The SMILES string of the molecule is CCCC[Si](c1ccccc1[Si](C)C)c1ccccc1[Si](C)C. The highest BCUT2D eigenvalue weighted by atomic mass is 28.3. The minimum absolute atomic E-state index is 0.417. The standard InChI is InChI=1S/C20H29Si3/c1-6-7-16-23(19-14-10-8-12-17(19)21(2)3)20-15-11-9-13-18(20)22(4)5/h8-15H,6-7,16H2,1-5H3. The lowest BCUT2D eigenvalue weighted by Crippen LogP contribution is -2.57. The van der Waals surface area contributed by atoms with Crippen molar-refractivity contribution in [3.8, 4) is 0 Å². The first-order valence-electron chi connectivity index (χ1n) is 8.72. The van der Waals surface area contributed by atoms with E-state index >= 15 is 0 Å². The number of benzene rings is 2. The van der Waals surface area contributed by atoms with Gasteiger partial charge in [-0.15, -0.1) is 0 Å². The van der Waals surface area contributed by atoms with E-state index in [0.29, 0.717) is 0 Å². The van der Waals surface area contributed by atoms with Gasteiger partial charge < -0.3 is 0 Å². The molecule has 0 aromatic heterocycles. The van der Waals surface area contributed by atoms with Gasteiger partial charge in [0.2, 0.25) is 0 Å². The number of hydrogen-bond donors (Lipinski definition) is 0. The van der Waals surface area contributed by atoms with E-state index in [-0.39, 0.29) is 0 Å². The van der Waals surface area contributed by atoms with Crippen LogP contribution in [0, 0.1) is 0 Å². The molecule has 0 aliphatic heterocycles. The monoisotopic (exact) mass is 353 g/mol. The van der Waals surface area contributed by atoms with Crippen LogP contribution in [0.1, 0.15) is 19.8 Å². The molecule has 0 fully saturated rings. The zero-order valence-corrected chi connectivity index (χ0v) is 18.2. The van der Waals surface area contributed by atoms with E-state index < -0.39 is 26.4 Å². The number of rotatable bonds is 7. The molecule has 121 valence electrons. The van der Waals surface area contributed by atoms with Gasteiger partial charge in [-0.05, 0) is 0 Å². The van der Waals surface area contributed by atoms with Crippen molar-refractivity contribution < 1.29 is 0 Å². The highest BCUT2D eigenvalue weighted by molar-refractivity contribution is 6.94. The highest BCUT2D eigenvalue weighted by Gasteiger charge is 2.23. The maximum absolute atomic E-state index is 2.44. The van der Waals surface area contributed by atoms with E-state index in [1.807, 2.05) is 0 Å². The first kappa shape index (κ1) is 18.4. The van der Waals surface area contributed by atoms with Crippen molar-refractivity contribution in [1.82, 2.24) is 0 Å². The molecule has 0 N–H and O–H groups in total. The Kier molecular flexibility index (Phi) is 7.06. The van der Waals surface area contributed by atoms with E-state index in [4.69, 9.17) is 0 Å². The second-order valence-corrected chi connectivity index (χ2v) is 14.3. The van der Waals surface area contributed by atoms with E-state index in [9.17, 15) is 0 Å². The molecule has 3 radical (unpaired) electrons. The lowest BCUT2D eigenvalue weighted by Gasteiger charge is -2.24. The summed E-state index contributed by atoms with van der Waals surface area (Å²) < 4.78 is 0. The Bertz CT molecular complexity index is 568. The largest absolute Gasteiger partial charge is 0.121 e. The Hall–Kier alpha value is -0.909. The molecule has 0 amide bonds. The van der Waals surface area contributed by atoms with Crippen molar-refractivity contribution in [3.05, 3.63) is 48.5 Å². The molecule has 2 aromatic carbocycles. The smallest absolute Gasteiger partial charge is 0.0671 e. The molecule has 3 heteroatoms. The van der Waals surface area contributed by atoms with Crippen LogP contribution < -0.4 is 20.7 Å². The summed E-state index contributed by atoms with van der Waals surface area (Å²) >= 11 is 0. The predicted molar refractivity (Wildman–Crippen MR) is 112 cm³/mol. The van der Waals surface area contributed by atoms with Crippen LogP contribution in [-0.2, 0) is 0 Å². The fraction of sp³-hybridized carbons (Fsp3) is 0.400. The molecule has 0 bridgehead atoms. The molecular formula is C20H29Si3. The summed E-state index contributed by atoms with van der Waals surface area (Å²) in [6, 6.07) is 20.0. The molecule has 2 rings (SSSR count). The van der Waals surface area contributed by atoms with E-state index in [0.717, 1.165) is 0 Å². The van der Waals surface area contributed by atoms with Crippen LogP contribution in [0.15, 0.2) is 48.5 Å². The quantitative estimate of drug-likeness (QED) is 0.671. The summed E-state index contributed by atoms with van der Waals surface area (Å²) in [5, 5.41) is 6.72. The molecule has 0 nitrogen and oxygen atoms in total. The number of hydrogen-bond acceptors (Lipinski definition) is 0. The Morgan fingerprint density at radius 1 is 0.652 bits per heavy atom. The van der Waals surface area contributed by atoms with Crippen LogP contribution in [0.3, 0.4) is 0 Å². The maximum Gasteiger partial charge on any atom is 0.121 e. The lowest BCUT2D eigenvalue weighted by atomic mass is 10.3. The zero-order valence-electron chi connectivity index (χ0n) is 15.2. The molecular weight excluding hydrogens is 324 g/mol. The Morgan fingerprint density at radius 3 is 1.39 bits per heavy atom. The van der Waals surface area contributed by atoms with Gasteiger partial charge in [0.05, 0.1) is 17.6 Å².